The first-order valence-electron chi connectivity index (χ1n) is 6.00. The third-order valence-electron chi connectivity index (χ3n) is 3.03. The van der Waals surface area contributed by atoms with Crippen LogP contribution in [0.15, 0.2) is 57.5 Å². The molecular formula is C15H16Br2ClNO. The van der Waals surface area contributed by atoms with Gasteiger partial charge in [0.25, 0.3) is 0 Å². The minimum Gasteiger partial charge on any atom is -0.391 e. The molecule has 0 radical (unpaired) electrons. The Labute approximate surface area is 142 Å². The van der Waals surface area contributed by atoms with Crippen molar-refractivity contribution >= 4 is 44.3 Å². The summed E-state index contributed by atoms with van der Waals surface area (Å²) in [5, 5.41) is 10.2. The Balaban J connectivity index is 0.00000200. The Kier molecular flexibility index (Phi) is 7.20. The van der Waals surface area contributed by atoms with E-state index >= 15 is 0 Å². The quantitative estimate of drug-likeness (QED) is 0.776. The van der Waals surface area contributed by atoms with Gasteiger partial charge in [-0.1, -0.05) is 36.4 Å². The highest BCUT2D eigenvalue weighted by Crippen LogP contribution is 2.27. The summed E-state index contributed by atoms with van der Waals surface area (Å²) in [7, 11) is 0. The Morgan fingerprint density at radius 3 is 2.25 bits per heavy atom. The fraction of sp³-hybridized carbons (Fsp3) is 0.200. The lowest BCUT2D eigenvalue weighted by Gasteiger charge is -2.20. The number of rotatable bonds is 4. The zero-order valence-corrected chi connectivity index (χ0v) is 14.7. The van der Waals surface area contributed by atoms with Gasteiger partial charge in [-0.3, -0.25) is 0 Å². The molecule has 0 saturated carbocycles. The summed E-state index contributed by atoms with van der Waals surface area (Å²) >= 11 is 6.87. The second-order valence-electron chi connectivity index (χ2n) is 4.46. The maximum absolute atomic E-state index is 10.2. The minimum absolute atomic E-state index is 0. The van der Waals surface area contributed by atoms with E-state index in [-0.39, 0.29) is 12.4 Å². The number of hydrogen-bond acceptors (Lipinski definition) is 2. The van der Waals surface area contributed by atoms with Crippen molar-refractivity contribution in [3.63, 3.8) is 0 Å². The lowest BCUT2D eigenvalue weighted by Crippen LogP contribution is -2.28. The van der Waals surface area contributed by atoms with Crippen LogP contribution in [-0.4, -0.2) is 11.2 Å². The summed E-state index contributed by atoms with van der Waals surface area (Å²) in [5.74, 6) is 0. The summed E-state index contributed by atoms with van der Waals surface area (Å²) in [6.07, 6.45) is -0.0501. The zero-order valence-electron chi connectivity index (χ0n) is 10.7. The summed E-state index contributed by atoms with van der Waals surface area (Å²) in [6, 6.07) is 15.3. The molecule has 2 atom stereocenters. The third kappa shape index (κ3) is 4.57. The van der Waals surface area contributed by atoms with E-state index < -0.39 is 12.1 Å². The highest BCUT2D eigenvalue weighted by atomic mass is 79.9. The van der Waals surface area contributed by atoms with E-state index in [9.17, 15) is 5.11 Å². The molecule has 2 rings (SSSR count). The van der Waals surface area contributed by atoms with Crippen LogP contribution in [0.1, 0.15) is 17.2 Å². The van der Waals surface area contributed by atoms with Gasteiger partial charge in [0.15, 0.2) is 0 Å². The molecule has 0 amide bonds. The van der Waals surface area contributed by atoms with Crippen molar-refractivity contribution in [1.82, 2.24) is 0 Å². The van der Waals surface area contributed by atoms with Gasteiger partial charge in [0, 0.05) is 15.4 Å². The Morgan fingerprint density at radius 1 is 1.00 bits per heavy atom. The van der Waals surface area contributed by atoms with Crippen LogP contribution < -0.4 is 5.73 Å². The largest absolute Gasteiger partial charge is 0.391 e. The van der Waals surface area contributed by atoms with Gasteiger partial charge in [-0.25, -0.2) is 0 Å². The maximum atomic E-state index is 10.2. The van der Waals surface area contributed by atoms with Crippen molar-refractivity contribution in [3.8, 4) is 0 Å². The fourth-order valence-corrected chi connectivity index (χ4v) is 2.57. The normalized spacial score (nSPS) is 13.4. The second-order valence-corrected chi connectivity index (χ2v) is 6.17. The molecule has 0 fully saturated rings. The van der Waals surface area contributed by atoms with Gasteiger partial charge in [-0.2, -0.15) is 0 Å². The molecule has 0 saturated heterocycles. The van der Waals surface area contributed by atoms with Crippen molar-refractivity contribution in [2.75, 3.05) is 0 Å². The first-order valence-corrected chi connectivity index (χ1v) is 7.59. The first kappa shape index (κ1) is 17.7. The van der Waals surface area contributed by atoms with Crippen LogP contribution in [0.5, 0.6) is 0 Å². The maximum Gasteiger partial charge on any atom is 0.0773 e. The second kappa shape index (κ2) is 8.15. The van der Waals surface area contributed by atoms with Crippen LogP contribution in [0.2, 0.25) is 0 Å². The number of nitrogens with two attached hydrogens (primary N) is 1. The van der Waals surface area contributed by atoms with Gasteiger partial charge >= 0.3 is 0 Å². The average molecular weight is 422 g/mol. The first-order chi connectivity index (χ1) is 9.08. The van der Waals surface area contributed by atoms with Crippen LogP contribution in [0.3, 0.4) is 0 Å². The standard InChI is InChI=1S/C15H15Br2NO.ClH/c16-12-7-6-11(9-13(12)17)15(18)14(19)8-10-4-2-1-3-5-10;/h1-7,9,14-15,19H,8,18H2;1H/t14-,15+;/m0./s1. The van der Waals surface area contributed by atoms with Crippen LogP contribution in [0, 0.1) is 0 Å². The topological polar surface area (TPSA) is 46.2 Å². The number of hydrogen-bond donors (Lipinski definition) is 2. The number of aliphatic hydroxyl groups excluding tert-OH is 1. The molecule has 0 aliphatic carbocycles. The molecule has 0 bridgehead atoms. The van der Waals surface area contributed by atoms with Gasteiger partial charge < -0.3 is 10.8 Å². The molecule has 2 aromatic rings. The molecule has 0 heterocycles. The molecule has 2 nitrogen and oxygen atoms in total. The van der Waals surface area contributed by atoms with Crippen LogP contribution in [0.25, 0.3) is 0 Å². The van der Waals surface area contributed by atoms with Gasteiger partial charge in [-0.05, 0) is 55.1 Å². The van der Waals surface area contributed by atoms with E-state index in [0.717, 1.165) is 20.1 Å². The summed E-state index contributed by atoms with van der Waals surface area (Å²) in [4.78, 5) is 0. The van der Waals surface area contributed by atoms with Crippen molar-refractivity contribution in [3.05, 3.63) is 68.6 Å². The SMILES string of the molecule is Cl.N[C@H](c1ccc(Br)c(Br)c1)[C@@H](O)Cc1ccccc1. The molecule has 5 heteroatoms. The van der Waals surface area contributed by atoms with Gasteiger partial charge in [0.2, 0.25) is 0 Å². The molecule has 0 aromatic heterocycles. The summed E-state index contributed by atoms with van der Waals surface area (Å²) in [5.41, 5.74) is 8.12. The molecule has 108 valence electrons. The van der Waals surface area contributed by atoms with E-state index in [2.05, 4.69) is 31.9 Å². The van der Waals surface area contributed by atoms with Gasteiger partial charge in [0.05, 0.1) is 12.1 Å². The number of benzene rings is 2. The van der Waals surface area contributed by atoms with Crippen molar-refractivity contribution in [2.45, 2.75) is 18.6 Å². The van der Waals surface area contributed by atoms with Crippen LogP contribution in [0.4, 0.5) is 0 Å². The molecule has 3 N–H and O–H groups in total. The summed E-state index contributed by atoms with van der Waals surface area (Å²) < 4.78 is 1.91. The smallest absolute Gasteiger partial charge is 0.0773 e. The summed E-state index contributed by atoms with van der Waals surface area (Å²) in [6.45, 7) is 0. The molecule has 2 aromatic carbocycles. The molecular weight excluding hydrogens is 405 g/mol. The Morgan fingerprint density at radius 2 is 1.65 bits per heavy atom. The van der Waals surface area contributed by atoms with Crippen molar-refractivity contribution < 1.29 is 5.11 Å². The van der Waals surface area contributed by atoms with Crippen molar-refractivity contribution in [1.29, 1.82) is 0 Å². The molecule has 0 aliphatic heterocycles. The predicted molar refractivity (Wildman–Crippen MR) is 92.2 cm³/mol. The Bertz CT molecular complexity index is 551. The van der Waals surface area contributed by atoms with Crippen LogP contribution in [-0.2, 0) is 6.42 Å². The molecule has 20 heavy (non-hydrogen) atoms. The minimum atomic E-state index is -0.601. The third-order valence-corrected chi connectivity index (χ3v) is 4.91. The fourth-order valence-electron chi connectivity index (χ4n) is 1.92. The van der Waals surface area contributed by atoms with E-state index in [1.54, 1.807) is 0 Å². The van der Waals surface area contributed by atoms with E-state index in [1.165, 1.54) is 0 Å². The molecule has 0 spiro atoms. The van der Waals surface area contributed by atoms with E-state index in [4.69, 9.17) is 5.73 Å². The van der Waals surface area contributed by atoms with E-state index in [0.29, 0.717) is 6.42 Å². The average Bonchev–Trinajstić information content (AvgIpc) is 2.42. The van der Waals surface area contributed by atoms with Gasteiger partial charge in [-0.15, -0.1) is 12.4 Å². The number of halogens is 3. The highest BCUT2D eigenvalue weighted by molar-refractivity contribution is 9.13. The van der Waals surface area contributed by atoms with Crippen molar-refractivity contribution in [2.24, 2.45) is 5.73 Å². The molecule has 0 unspecified atom stereocenters. The van der Waals surface area contributed by atoms with Crippen LogP contribution >= 0.6 is 44.3 Å². The molecule has 0 aliphatic rings. The monoisotopic (exact) mass is 419 g/mol. The number of aliphatic hydroxyl groups is 1. The lowest BCUT2D eigenvalue weighted by atomic mass is 9.97. The highest BCUT2D eigenvalue weighted by Gasteiger charge is 2.17. The van der Waals surface area contributed by atoms with Gasteiger partial charge in [0.1, 0.15) is 0 Å². The zero-order chi connectivity index (χ0) is 13.8. The predicted octanol–water partition coefficient (Wildman–Crippen LogP) is 4.24. The van der Waals surface area contributed by atoms with E-state index in [1.807, 2.05) is 48.5 Å². The lowest BCUT2D eigenvalue weighted by molar-refractivity contribution is 0.145. The Hall–Kier alpha value is -0.390.